The third-order valence-electron chi connectivity index (χ3n) is 3.69. The Labute approximate surface area is 166 Å². The minimum absolute atomic E-state index is 0.0807. The lowest BCUT2D eigenvalue weighted by molar-refractivity contribution is -0.141. The summed E-state index contributed by atoms with van der Waals surface area (Å²) in [5, 5.41) is 6.99. The SMILES string of the molecule is CCOC(=O)CN=C/C(=C\N)Nc1ncc2ccn(Cc3csc(C)n3)c2n1. The highest BCUT2D eigenvalue weighted by Gasteiger charge is 2.08. The molecule has 0 bridgehead atoms. The summed E-state index contributed by atoms with van der Waals surface area (Å²) < 4.78 is 6.83. The lowest BCUT2D eigenvalue weighted by atomic mass is 10.4. The van der Waals surface area contributed by atoms with E-state index < -0.39 is 5.97 Å². The van der Waals surface area contributed by atoms with E-state index >= 15 is 0 Å². The number of nitrogens with zero attached hydrogens (tertiary/aromatic N) is 5. The quantitative estimate of drug-likeness (QED) is 0.439. The molecule has 0 aliphatic rings. The Morgan fingerprint density at radius 1 is 1.46 bits per heavy atom. The van der Waals surface area contributed by atoms with Crippen LogP contribution in [0.3, 0.4) is 0 Å². The van der Waals surface area contributed by atoms with Crippen LogP contribution in [-0.2, 0) is 16.1 Å². The lowest BCUT2D eigenvalue weighted by Crippen LogP contribution is -2.10. The standard InChI is InChI=1S/C18H21N7O2S/c1-3-27-16(26)9-20-8-14(6-19)23-18-21-7-13-4-5-25(17(13)24-18)10-15-11-28-12(2)22-15/h4-8,11H,3,9-10,19H2,1-2H3,(H,21,23,24)/b14-6+,20-8?. The molecule has 0 unspecified atom stereocenters. The zero-order valence-electron chi connectivity index (χ0n) is 15.6. The van der Waals surface area contributed by atoms with Crippen molar-refractivity contribution in [2.75, 3.05) is 18.5 Å². The van der Waals surface area contributed by atoms with Crippen LogP contribution in [0.5, 0.6) is 0 Å². The second-order valence-corrected chi connectivity index (χ2v) is 6.86. The molecular weight excluding hydrogens is 378 g/mol. The Morgan fingerprint density at radius 2 is 2.32 bits per heavy atom. The van der Waals surface area contributed by atoms with Gasteiger partial charge < -0.3 is 20.4 Å². The Hall–Kier alpha value is -3.27. The van der Waals surface area contributed by atoms with Gasteiger partial charge in [-0.1, -0.05) is 0 Å². The molecule has 0 radical (unpaired) electrons. The summed E-state index contributed by atoms with van der Waals surface area (Å²) in [5.41, 5.74) is 7.86. The molecule has 9 nitrogen and oxygen atoms in total. The molecule has 3 N–H and O–H groups in total. The van der Waals surface area contributed by atoms with Crippen molar-refractivity contribution in [3.63, 3.8) is 0 Å². The van der Waals surface area contributed by atoms with E-state index in [0.717, 1.165) is 21.7 Å². The fourth-order valence-corrected chi connectivity index (χ4v) is 3.09. The molecule has 0 fully saturated rings. The van der Waals surface area contributed by atoms with Crippen LogP contribution >= 0.6 is 11.3 Å². The fraction of sp³-hybridized carbons (Fsp3) is 0.278. The van der Waals surface area contributed by atoms with E-state index in [1.165, 1.54) is 12.4 Å². The smallest absolute Gasteiger partial charge is 0.327 e. The van der Waals surface area contributed by atoms with Gasteiger partial charge in [0, 0.05) is 35.6 Å². The summed E-state index contributed by atoms with van der Waals surface area (Å²) >= 11 is 1.62. The van der Waals surface area contributed by atoms with Crippen LogP contribution in [0.25, 0.3) is 11.0 Å². The van der Waals surface area contributed by atoms with Gasteiger partial charge in [-0.05, 0) is 19.9 Å². The summed E-state index contributed by atoms with van der Waals surface area (Å²) in [6, 6.07) is 1.96. The average Bonchev–Trinajstić information content (AvgIpc) is 3.27. The lowest BCUT2D eigenvalue weighted by Gasteiger charge is -2.06. The first-order chi connectivity index (χ1) is 13.6. The molecule has 0 saturated heterocycles. The maximum atomic E-state index is 11.3. The predicted molar refractivity (Wildman–Crippen MR) is 109 cm³/mol. The maximum absolute atomic E-state index is 11.3. The van der Waals surface area contributed by atoms with Gasteiger partial charge >= 0.3 is 5.97 Å². The van der Waals surface area contributed by atoms with Crippen molar-refractivity contribution in [2.24, 2.45) is 10.7 Å². The number of aryl methyl sites for hydroxylation is 1. The number of esters is 1. The normalized spacial score (nSPS) is 12.0. The van der Waals surface area contributed by atoms with Gasteiger partial charge in [0.15, 0.2) is 0 Å². The number of fused-ring (bicyclic) bond motifs is 1. The summed E-state index contributed by atoms with van der Waals surface area (Å²) in [6.45, 7) is 4.59. The highest BCUT2D eigenvalue weighted by atomic mass is 32.1. The number of nitrogens with one attached hydrogen (secondary N) is 1. The molecule has 0 amide bonds. The first kappa shape index (κ1) is 19.5. The van der Waals surface area contributed by atoms with Gasteiger partial charge in [0.05, 0.1) is 29.6 Å². The molecule has 0 spiro atoms. The second kappa shape index (κ2) is 9.09. The summed E-state index contributed by atoms with van der Waals surface area (Å²) in [5.74, 6) is -0.0240. The number of hydrogen-bond donors (Lipinski definition) is 2. The summed E-state index contributed by atoms with van der Waals surface area (Å²) in [6.07, 6.45) is 6.47. The summed E-state index contributed by atoms with van der Waals surface area (Å²) in [4.78, 5) is 28.7. The molecule has 146 valence electrons. The highest BCUT2D eigenvalue weighted by molar-refractivity contribution is 7.09. The van der Waals surface area contributed by atoms with Crippen LogP contribution in [0.2, 0.25) is 0 Å². The second-order valence-electron chi connectivity index (χ2n) is 5.80. The summed E-state index contributed by atoms with van der Waals surface area (Å²) in [7, 11) is 0. The van der Waals surface area contributed by atoms with Crippen molar-refractivity contribution in [2.45, 2.75) is 20.4 Å². The topological polar surface area (TPSA) is 120 Å². The fourth-order valence-electron chi connectivity index (χ4n) is 2.49. The van der Waals surface area contributed by atoms with Gasteiger partial charge in [0.25, 0.3) is 0 Å². The maximum Gasteiger partial charge on any atom is 0.327 e. The number of ether oxygens (including phenoxy) is 1. The van der Waals surface area contributed by atoms with Crippen LogP contribution in [0, 0.1) is 6.92 Å². The van der Waals surface area contributed by atoms with Crippen molar-refractivity contribution >= 4 is 40.5 Å². The van der Waals surface area contributed by atoms with Crippen LogP contribution in [-0.4, -0.2) is 44.9 Å². The molecule has 3 heterocycles. The number of thiazole rings is 1. The number of anilines is 1. The predicted octanol–water partition coefficient (Wildman–Crippen LogP) is 2.09. The number of rotatable bonds is 8. The average molecular weight is 399 g/mol. The molecular formula is C18H21N7O2S. The van der Waals surface area contributed by atoms with Gasteiger partial charge in [-0.3, -0.25) is 9.79 Å². The zero-order valence-corrected chi connectivity index (χ0v) is 16.4. The van der Waals surface area contributed by atoms with Crippen molar-refractivity contribution in [3.05, 3.63) is 46.4 Å². The van der Waals surface area contributed by atoms with E-state index in [1.54, 1.807) is 24.5 Å². The third kappa shape index (κ3) is 4.92. The molecule has 0 aliphatic heterocycles. The van der Waals surface area contributed by atoms with Crippen LogP contribution in [0.4, 0.5) is 5.95 Å². The molecule has 0 saturated carbocycles. The van der Waals surface area contributed by atoms with Crippen LogP contribution in [0.1, 0.15) is 17.6 Å². The number of aliphatic imine (C=N–C) groups is 1. The first-order valence-electron chi connectivity index (χ1n) is 8.66. The Bertz CT molecular complexity index is 1020. The van der Waals surface area contributed by atoms with E-state index in [-0.39, 0.29) is 6.54 Å². The first-order valence-corrected chi connectivity index (χ1v) is 9.54. The molecule has 28 heavy (non-hydrogen) atoms. The molecule has 3 rings (SSSR count). The van der Waals surface area contributed by atoms with Crippen molar-refractivity contribution < 1.29 is 9.53 Å². The molecule has 0 atom stereocenters. The minimum Gasteiger partial charge on any atom is -0.465 e. The number of hydrogen-bond acceptors (Lipinski definition) is 9. The van der Waals surface area contributed by atoms with E-state index in [2.05, 4.69) is 25.3 Å². The zero-order chi connectivity index (χ0) is 19.9. The number of carbonyl (C=O) groups excluding carboxylic acids is 1. The molecule has 10 heteroatoms. The van der Waals surface area contributed by atoms with Gasteiger partial charge in [-0.2, -0.15) is 4.98 Å². The number of aromatic nitrogens is 4. The Kier molecular flexibility index (Phi) is 6.33. The van der Waals surface area contributed by atoms with E-state index in [0.29, 0.717) is 24.8 Å². The number of nitrogens with two attached hydrogens (primary N) is 1. The van der Waals surface area contributed by atoms with E-state index in [4.69, 9.17) is 10.5 Å². The molecule has 0 aromatic carbocycles. The highest BCUT2D eigenvalue weighted by Crippen LogP contribution is 2.17. The number of allylic oxidation sites excluding steroid dienone is 1. The van der Waals surface area contributed by atoms with E-state index in [9.17, 15) is 4.79 Å². The van der Waals surface area contributed by atoms with Crippen LogP contribution in [0.15, 0.2) is 40.7 Å². The van der Waals surface area contributed by atoms with Gasteiger partial charge in [-0.25, -0.2) is 9.97 Å². The molecule has 3 aromatic heterocycles. The van der Waals surface area contributed by atoms with Crippen molar-refractivity contribution in [3.8, 4) is 0 Å². The van der Waals surface area contributed by atoms with Gasteiger partial charge in [0.1, 0.15) is 12.2 Å². The largest absolute Gasteiger partial charge is 0.465 e. The van der Waals surface area contributed by atoms with Crippen molar-refractivity contribution in [1.29, 1.82) is 0 Å². The number of carbonyl (C=O) groups is 1. The molecule has 3 aromatic rings. The Morgan fingerprint density at radius 3 is 3.04 bits per heavy atom. The van der Waals surface area contributed by atoms with Crippen molar-refractivity contribution in [1.82, 2.24) is 19.5 Å². The van der Waals surface area contributed by atoms with Gasteiger partial charge in [0.2, 0.25) is 5.95 Å². The monoisotopic (exact) mass is 399 g/mol. The third-order valence-corrected chi connectivity index (χ3v) is 4.52. The Balaban J connectivity index is 1.73. The molecule has 0 aliphatic carbocycles. The minimum atomic E-state index is -0.400. The van der Waals surface area contributed by atoms with Gasteiger partial charge in [-0.15, -0.1) is 11.3 Å². The van der Waals surface area contributed by atoms with E-state index in [1.807, 2.05) is 29.1 Å². The van der Waals surface area contributed by atoms with Crippen LogP contribution < -0.4 is 11.1 Å².